The minimum atomic E-state index is -0.196. The van der Waals surface area contributed by atoms with E-state index < -0.39 is 0 Å². The summed E-state index contributed by atoms with van der Waals surface area (Å²) in [6.07, 6.45) is 1.11. The SMILES string of the molecule is N#CCCCNC(=O)c1ccc2ccccc2n1. The van der Waals surface area contributed by atoms with Gasteiger partial charge in [-0.1, -0.05) is 24.3 Å². The van der Waals surface area contributed by atoms with Crippen molar-refractivity contribution >= 4 is 16.8 Å². The van der Waals surface area contributed by atoms with Gasteiger partial charge in [0, 0.05) is 18.4 Å². The lowest BCUT2D eigenvalue weighted by molar-refractivity contribution is 0.0948. The molecule has 4 heteroatoms. The number of fused-ring (bicyclic) bond motifs is 1. The number of unbranched alkanes of at least 4 members (excludes halogenated alkanes) is 1. The summed E-state index contributed by atoms with van der Waals surface area (Å²) in [5.74, 6) is -0.196. The van der Waals surface area contributed by atoms with E-state index in [1.165, 1.54) is 0 Å². The molecule has 0 aliphatic carbocycles. The number of nitrogens with zero attached hydrogens (tertiary/aromatic N) is 2. The first-order valence-electron chi connectivity index (χ1n) is 5.82. The number of amides is 1. The second-order valence-corrected chi connectivity index (χ2v) is 3.91. The summed E-state index contributed by atoms with van der Waals surface area (Å²) in [4.78, 5) is 16.1. The second kappa shape index (κ2) is 5.78. The van der Waals surface area contributed by atoms with Crippen molar-refractivity contribution in [3.05, 3.63) is 42.1 Å². The largest absolute Gasteiger partial charge is 0.351 e. The van der Waals surface area contributed by atoms with Gasteiger partial charge in [-0.05, 0) is 18.6 Å². The summed E-state index contributed by atoms with van der Waals surface area (Å²) < 4.78 is 0. The number of carbonyl (C=O) groups excluding carboxylic acids is 1. The third kappa shape index (κ3) is 2.83. The van der Waals surface area contributed by atoms with Gasteiger partial charge in [-0.15, -0.1) is 0 Å². The Morgan fingerprint density at radius 2 is 2.11 bits per heavy atom. The molecule has 0 saturated heterocycles. The number of hydrogen-bond acceptors (Lipinski definition) is 3. The van der Waals surface area contributed by atoms with Gasteiger partial charge in [-0.25, -0.2) is 4.98 Å². The molecular formula is C14H13N3O. The Bertz CT molecular complexity index is 601. The van der Waals surface area contributed by atoms with Crippen molar-refractivity contribution in [2.45, 2.75) is 12.8 Å². The van der Waals surface area contributed by atoms with Crippen LogP contribution in [0.3, 0.4) is 0 Å². The average Bonchev–Trinajstić information content (AvgIpc) is 2.43. The van der Waals surface area contributed by atoms with Crippen molar-refractivity contribution in [1.82, 2.24) is 10.3 Å². The standard InChI is InChI=1S/C14H13N3O/c15-9-3-4-10-16-14(18)13-8-7-11-5-1-2-6-12(11)17-13/h1-2,5-8H,3-4,10H2,(H,16,18). The molecule has 2 rings (SSSR count). The van der Waals surface area contributed by atoms with Gasteiger partial charge in [0.2, 0.25) is 0 Å². The number of hydrogen-bond donors (Lipinski definition) is 1. The number of rotatable bonds is 4. The van der Waals surface area contributed by atoms with Gasteiger partial charge in [0.05, 0.1) is 11.6 Å². The van der Waals surface area contributed by atoms with Crippen LogP contribution in [0.15, 0.2) is 36.4 Å². The predicted molar refractivity (Wildman–Crippen MR) is 68.9 cm³/mol. The lowest BCUT2D eigenvalue weighted by atomic mass is 10.2. The number of aromatic nitrogens is 1. The van der Waals surface area contributed by atoms with Crippen molar-refractivity contribution in [3.8, 4) is 6.07 Å². The fourth-order valence-corrected chi connectivity index (χ4v) is 1.65. The van der Waals surface area contributed by atoms with Crippen LogP contribution >= 0.6 is 0 Å². The molecule has 1 heterocycles. The van der Waals surface area contributed by atoms with E-state index in [1.54, 1.807) is 6.07 Å². The molecular weight excluding hydrogens is 226 g/mol. The molecule has 0 atom stereocenters. The van der Waals surface area contributed by atoms with Gasteiger partial charge < -0.3 is 5.32 Å². The van der Waals surface area contributed by atoms with E-state index >= 15 is 0 Å². The highest BCUT2D eigenvalue weighted by molar-refractivity contribution is 5.94. The highest BCUT2D eigenvalue weighted by atomic mass is 16.1. The number of carbonyl (C=O) groups is 1. The highest BCUT2D eigenvalue weighted by Gasteiger charge is 2.06. The molecule has 18 heavy (non-hydrogen) atoms. The van der Waals surface area contributed by atoms with Gasteiger partial charge in [0.25, 0.3) is 5.91 Å². The Balaban J connectivity index is 2.06. The first-order valence-corrected chi connectivity index (χ1v) is 5.82. The Hall–Kier alpha value is -2.41. The average molecular weight is 239 g/mol. The molecule has 1 N–H and O–H groups in total. The molecule has 90 valence electrons. The van der Waals surface area contributed by atoms with Gasteiger partial charge in [0.15, 0.2) is 0 Å². The van der Waals surface area contributed by atoms with Crippen LogP contribution in [0.2, 0.25) is 0 Å². The smallest absolute Gasteiger partial charge is 0.269 e. The third-order valence-corrected chi connectivity index (χ3v) is 2.58. The zero-order valence-corrected chi connectivity index (χ0v) is 9.89. The van der Waals surface area contributed by atoms with Crippen LogP contribution in [0.5, 0.6) is 0 Å². The molecule has 0 aliphatic heterocycles. The summed E-state index contributed by atoms with van der Waals surface area (Å²) in [6.45, 7) is 0.501. The van der Waals surface area contributed by atoms with Crippen molar-refractivity contribution in [1.29, 1.82) is 5.26 Å². The van der Waals surface area contributed by atoms with Crippen LogP contribution in [0, 0.1) is 11.3 Å². The fourth-order valence-electron chi connectivity index (χ4n) is 1.65. The molecule has 1 aromatic carbocycles. The molecule has 1 amide bonds. The molecule has 0 unspecified atom stereocenters. The zero-order chi connectivity index (χ0) is 12.8. The van der Waals surface area contributed by atoms with Crippen molar-refractivity contribution in [2.75, 3.05) is 6.54 Å². The number of nitriles is 1. The lowest BCUT2D eigenvalue weighted by Gasteiger charge is -2.04. The van der Waals surface area contributed by atoms with E-state index in [1.807, 2.05) is 36.4 Å². The maximum absolute atomic E-state index is 11.8. The van der Waals surface area contributed by atoms with Gasteiger partial charge >= 0.3 is 0 Å². The van der Waals surface area contributed by atoms with E-state index in [9.17, 15) is 4.79 Å². The molecule has 0 bridgehead atoms. The molecule has 0 aliphatic rings. The topological polar surface area (TPSA) is 65.8 Å². The molecule has 2 aromatic rings. The van der Waals surface area contributed by atoms with E-state index in [4.69, 9.17) is 5.26 Å². The number of benzene rings is 1. The second-order valence-electron chi connectivity index (χ2n) is 3.91. The molecule has 1 aromatic heterocycles. The van der Waals surface area contributed by atoms with Crippen LogP contribution in [-0.4, -0.2) is 17.4 Å². The molecule has 0 saturated carbocycles. The zero-order valence-electron chi connectivity index (χ0n) is 9.89. The summed E-state index contributed by atoms with van der Waals surface area (Å²) in [6, 6.07) is 13.3. The summed E-state index contributed by atoms with van der Waals surface area (Å²) >= 11 is 0. The van der Waals surface area contributed by atoms with Crippen molar-refractivity contribution < 1.29 is 4.79 Å². The Kier molecular flexibility index (Phi) is 3.87. The van der Waals surface area contributed by atoms with Gasteiger partial charge in [-0.2, -0.15) is 5.26 Å². The maximum atomic E-state index is 11.8. The Labute approximate surface area is 105 Å². The van der Waals surface area contributed by atoms with Crippen LogP contribution in [0.25, 0.3) is 10.9 Å². The minimum Gasteiger partial charge on any atom is -0.351 e. The number of para-hydroxylation sites is 1. The van der Waals surface area contributed by atoms with E-state index in [-0.39, 0.29) is 5.91 Å². The van der Waals surface area contributed by atoms with Crippen LogP contribution in [0.1, 0.15) is 23.3 Å². The van der Waals surface area contributed by atoms with Crippen molar-refractivity contribution in [2.24, 2.45) is 0 Å². The maximum Gasteiger partial charge on any atom is 0.269 e. The van der Waals surface area contributed by atoms with Crippen LogP contribution in [-0.2, 0) is 0 Å². The molecule has 0 spiro atoms. The normalized spacial score (nSPS) is 9.94. The van der Waals surface area contributed by atoms with Gasteiger partial charge in [-0.3, -0.25) is 4.79 Å². The van der Waals surface area contributed by atoms with Crippen LogP contribution in [0.4, 0.5) is 0 Å². The fraction of sp³-hybridized carbons (Fsp3) is 0.214. The van der Waals surface area contributed by atoms with Crippen molar-refractivity contribution in [3.63, 3.8) is 0 Å². The quantitative estimate of drug-likeness (QED) is 0.832. The Morgan fingerprint density at radius 3 is 2.94 bits per heavy atom. The molecule has 0 fully saturated rings. The minimum absolute atomic E-state index is 0.196. The number of pyridine rings is 1. The predicted octanol–water partition coefficient (Wildman–Crippen LogP) is 2.27. The van der Waals surface area contributed by atoms with Gasteiger partial charge in [0.1, 0.15) is 5.69 Å². The van der Waals surface area contributed by atoms with E-state index in [2.05, 4.69) is 10.3 Å². The lowest BCUT2D eigenvalue weighted by Crippen LogP contribution is -2.25. The Morgan fingerprint density at radius 1 is 1.28 bits per heavy atom. The first-order chi connectivity index (χ1) is 8.81. The number of nitrogens with one attached hydrogen (secondary N) is 1. The summed E-state index contributed by atoms with van der Waals surface area (Å²) in [5.41, 5.74) is 1.22. The molecule has 4 nitrogen and oxygen atoms in total. The first kappa shape index (κ1) is 12.1. The summed E-state index contributed by atoms with van der Waals surface area (Å²) in [7, 11) is 0. The van der Waals surface area contributed by atoms with E-state index in [0.717, 1.165) is 10.9 Å². The van der Waals surface area contributed by atoms with E-state index in [0.29, 0.717) is 25.1 Å². The monoisotopic (exact) mass is 239 g/mol. The highest BCUT2D eigenvalue weighted by Crippen LogP contribution is 2.11. The van der Waals surface area contributed by atoms with Crippen LogP contribution < -0.4 is 5.32 Å². The molecule has 0 radical (unpaired) electrons. The third-order valence-electron chi connectivity index (χ3n) is 2.58. The summed E-state index contributed by atoms with van der Waals surface area (Å²) in [5, 5.41) is 12.2.